The maximum absolute atomic E-state index is 12.2. The molecular weight excluding hydrogens is 378 g/mol. The first-order valence-electron chi connectivity index (χ1n) is 8.59. The van der Waals surface area contributed by atoms with Crippen LogP contribution < -0.4 is 10.8 Å². The number of aliphatic hydroxyl groups is 1. The van der Waals surface area contributed by atoms with Gasteiger partial charge < -0.3 is 19.7 Å². The molecule has 2 rings (SSSR count). The number of amides is 3. The molecule has 9 heteroatoms. The van der Waals surface area contributed by atoms with Gasteiger partial charge in [0.05, 0.1) is 6.10 Å². The molecule has 0 saturated heterocycles. The second-order valence-corrected chi connectivity index (χ2v) is 6.36. The lowest BCUT2D eigenvalue weighted by Crippen LogP contribution is -2.51. The van der Waals surface area contributed by atoms with Crippen LogP contribution in [-0.4, -0.2) is 59.2 Å². The molecule has 152 valence electrons. The Morgan fingerprint density at radius 3 is 2.28 bits per heavy atom. The van der Waals surface area contributed by atoms with E-state index < -0.39 is 24.0 Å². The number of benzene rings is 1. The van der Waals surface area contributed by atoms with Crippen LogP contribution in [0.3, 0.4) is 0 Å². The molecule has 4 N–H and O–H groups in total. The second kappa shape index (κ2) is 9.54. The van der Waals surface area contributed by atoms with E-state index in [2.05, 4.69) is 17.2 Å². The molecule has 1 heterocycles. The summed E-state index contributed by atoms with van der Waals surface area (Å²) < 4.78 is 5.38. The van der Waals surface area contributed by atoms with Gasteiger partial charge in [0.15, 0.2) is 11.5 Å². The molecule has 0 aliphatic carbocycles. The Morgan fingerprint density at radius 2 is 1.72 bits per heavy atom. The largest absolute Gasteiger partial charge is 0.443 e. The predicted octanol–water partition coefficient (Wildman–Crippen LogP) is 0.366. The van der Waals surface area contributed by atoms with Crippen molar-refractivity contribution in [3.63, 3.8) is 0 Å². The third kappa shape index (κ3) is 5.68. The van der Waals surface area contributed by atoms with E-state index in [0.717, 1.165) is 0 Å². The van der Waals surface area contributed by atoms with Crippen molar-refractivity contribution in [2.24, 2.45) is 0 Å². The van der Waals surface area contributed by atoms with E-state index in [-0.39, 0.29) is 17.2 Å². The van der Waals surface area contributed by atoms with Gasteiger partial charge in [-0.05, 0) is 49.2 Å². The van der Waals surface area contributed by atoms with Crippen LogP contribution in [0, 0.1) is 11.8 Å². The van der Waals surface area contributed by atoms with E-state index in [1.807, 2.05) is 0 Å². The summed E-state index contributed by atoms with van der Waals surface area (Å²) in [5.41, 5.74) is 2.23. The van der Waals surface area contributed by atoms with Gasteiger partial charge in [-0.15, -0.1) is 0 Å². The number of carbonyl (C=O) groups is 3. The minimum Gasteiger partial charge on any atom is -0.443 e. The number of furan rings is 1. The van der Waals surface area contributed by atoms with Crippen LogP contribution in [0.5, 0.6) is 0 Å². The van der Waals surface area contributed by atoms with Crippen molar-refractivity contribution in [2.75, 3.05) is 14.1 Å². The molecule has 0 spiro atoms. The highest BCUT2D eigenvalue weighted by Crippen LogP contribution is 2.09. The van der Waals surface area contributed by atoms with Crippen LogP contribution in [-0.2, 0) is 4.79 Å². The zero-order valence-electron chi connectivity index (χ0n) is 16.1. The van der Waals surface area contributed by atoms with E-state index >= 15 is 0 Å². The smallest absolute Gasteiger partial charge is 0.289 e. The third-order valence-electron chi connectivity index (χ3n) is 3.86. The molecule has 2 aromatic rings. The number of carbonyl (C=O) groups excluding carboxylic acids is 3. The van der Waals surface area contributed by atoms with Crippen molar-refractivity contribution < 1.29 is 29.1 Å². The summed E-state index contributed by atoms with van der Waals surface area (Å²) in [6.45, 7) is 1.31. The average molecular weight is 399 g/mol. The van der Waals surface area contributed by atoms with Gasteiger partial charge in [0.25, 0.3) is 17.7 Å². The number of rotatable bonds is 5. The summed E-state index contributed by atoms with van der Waals surface area (Å²) in [5.74, 6) is 4.37. The zero-order valence-corrected chi connectivity index (χ0v) is 16.1. The van der Waals surface area contributed by atoms with Crippen molar-refractivity contribution in [1.82, 2.24) is 15.7 Å². The van der Waals surface area contributed by atoms with Gasteiger partial charge in [-0.25, -0.2) is 5.48 Å². The van der Waals surface area contributed by atoms with Gasteiger partial charge >= 0.3 is 0 Å². The molecule has 0 fully saturated rings. The Hall–Kier alpha value is -3.61. The first-order valence-corrected chi connectivity index (χ1v) is 8.59. The molecule has 0 radical (unpaired) electrons. The molecular formula is C20H21N3O6. The molecule has 0 aliphatic rings. The first-order chi connectivity index (χ1) is 13.7. The zero-order chi connectivity index (χ0) is 21.6. The molecule has 1 aromatic carbocycles. The van der Waals surface area contributed by atoms with Crippen molar-refractivity contribution in [3.05, 3.63) is 59.0 Å². The Labute approximate surface area is 167 Å². The summed E-state index contributed by atoms with van der Waals surface area (Å²) >= 11 is 0. The molecule has 29 heavy (non-hydrogen) atoms. The number of hydroxylamine groups is 1. The molecule has 1 aromatic heterocycles. The molecule has 0 unspecified atom stereocenters. The first kappa shape index (κ1) is 21.7. The number of hydrogen-bond acceptors (Lipinski definition) is 6. The highest BCUT2D eigenvalue weighted by molar-refractivity contribution is 5.97. The maximum atomic E-state index is 12.2. The third-order valence-corrected chi connectivity index (χ3v) is 3.86. The van der Waals surface area contributed by atoms with Gasteiger partial charge in [-0.1, -0.05) is 5.92 Å². The lowest BCUT2D eigenvalue weighted by molar-refractivity contribution is -0.133. The quantitative estimate of drug-likeness (QED) is 0.326. The Morgan fingerprint density at radius 1 is 1.07 bits per heavy atom. The topological polar surface area (TPSA) is 132 Å². The van der Waals surface area contributed by atoms with Gasteiger partial charge in [-0.3, -0.25) is 19.6 Å². The number of aliphatic hydroxyl groups excluding tert-OH is 1. The van der Waals surface area contributed by atoms with Crippen molar-refractivity contribution in [1.29, 1.82) is 0 Å². The van der Waals surface area contributed by atoms with Crippen molar-refractivity contribution in [2.45, 2.75) is 19.1 Å². The lowest BCUT2D eigenvalue weighted by atomic mass is 10.1. The van der Waals surface area contributed by atoms with Crippen LogP contribution in [0.2, 0.25) is 0 Å². The maximum Gasteiger partial charge on any atom is 0.289 e. The fourth-order valence-corrected chi connectivity index (χ4v) is 2.28. The average Bonchev–Trinajstić information content (AvgIpc) is 3.18. The van der Waals surface area contributed by atoms with Crippen molar-refractivity contribution >= 4 is 17.7 Å². The number of nitrogens with zero attached hydrogens (tertiary/aromatic N) is 1. The molecule has 0 aliphatic heterocycles. The van der Waals surface area contributed by atoms with E-state index in [4.69, 9.17) is 9.62 Å². The number of nitrogens with one attached hydrogen (secondary N) is 2. The van der Waals surface area contributed by atoms with E-state index in [0.29, 0.717) is 11.3 Å². The van der Waals surface area contributed by atoms with Gasteiger partial charge in [0.2, 0.25) is 0 Å². The Kier molecular flexibility index (Phi) is 7.14. The summed E-state index contributed by atoms with van der Waals surface area (Å²) in [5, 5.41) is 20.6. The summed E-state index contributed by atoms with van der Waals surface area (Å²) in [6.07, 6.45) is -1.20. The standard InChI is InChI=1S/C20H21N3O6/c1-12(24)17(19(26)22-28)21-18(25)14-7-4-13(5-8-14)6-9-15-10-11-16(29-15)20(27)23(2)3/h4-5,7-8,10-12,17,24,28H,1-3H3,(H,21,25)(H,22,26)/t12-,17+/m1/s1. The van der Waals surface area contributed by atoms with E-state index in [9.17, 15) is 19.5 Å². The summed E-state index contributed by atoms with van der Waals surface area (Å²) in [4.78, 5) is 36.9. The molecule has 2 atom stereocenters. The van der Waals surface area contributed by atoms with Crippen LogP contribution in [0.1, 0.15) is 39.2 Å². The Bertz CT molecular complexity index is 951. The van der Waals surface area contributed by atoms with E-state index in [1.165, 1.54) is 29.4 Å². The van der Waals surface area contributed by atoms with Gasteiger partial charge in [-0.2, -0.15) is 0 Å². The van der Waals surface area contributed by atoms with Crippen LogP contribution in [0.4, 0.5) is 0 Å². The number of hydrogen-bond donors (Lipinski definition) is 4. The van der Waals surface area contributed by atoms with E-state index in [1.54, 1.807) is 38.4 Å². The SMILES string of the molecule is C[C@@H](O)[C@H](NC(=O)c1ccc(C#Cc2ccc(C(=O)N(C)C)o2)cc1)C(=O)NO. The van der Waals surface area contributed by atoms with Crippen molar-refractivity contribution in [3.8, 4) is 11.8 Å². The molecule has 0 bridgehead atoms. The van der Waals surface area contributed by atoms with Crippen LogP contribution in [0.15, 0.2) is 40.8 Å². The minimum absolute atomic E-state index is 0.186. The minimum atomic E-state index is -1.30. The normalized spacial score (nSPS) is 12.2. The lowest BCUT2D eigenvalue weighted by Gasteiger charge is -2.19. The molecule has 3 amide bonds. The monoisotopic (exact) mass is 399 g/mol. The molecule has 0 saturated carbocycles. The van der Waals surface area contributed by atoms with Gasteiger partial charge in [0.1, 0.15) is 6.04 Å². The summed E-state index contributed by atoms with van der Waals surface area (Å²) in [7, 11) is 3.24. The Balaban J connectivity index is 2.08. The fraction of sp³-hybridized carbons (Fsp3) is 0.250. The molecule has 9 nitrogen and oxygen atoms in total. The summed E-state index contributed by atoms with van der Waals surface area (Å²) in [6, 6.07) is 8.02. The highest BCUT2D eigenvalue weighted by atomic mass is 16.5. The second-order valence-electron chi connectivity index (χ2n) is 6.36. The van der Waals surface area contributed by atoms with Crippen LogP contribution >= 0.6 is 0 Å². The van der Waals surface area contributed by atoms with Crippen LogP contribution in [0.25, 0.3) is 0 Å². The highest BCUT2D eigenvalue weighted by Gasteiger charge is 2.25. The predicted molar refractivity (Wildman–Crippen MR) is 102 cm³/mol. The fourth-order valence-electron chi connectivity index (χ4n) is 2.28. The van der Waals surface area contributed by atoms with Gasteiger partial charge in [0, 0.05) is 25.2 Å².